The highest BCUT2D eigenvalue weighted by Gasteiger charge is 2.16. The Labute approximate surface area is 194 Å². The molecule has 2 N–H and O–H groups in total. The van der Waals surface area contributed by atoms with Crippen molar-refractivity contribution < 1.29 is 4.39 Å². The molecule has 2 aromatic carbocycles. The number of aromatic nitrogens is 6. The van der Waals surface area contributed by atoms with E-state index in [0.29, 0.717) is 18.8 Å². The molecule has 0 aliphatic carbocycles. The Bertz CT molecular complexity index is 1550. The smallest absolute Gasteiger partial charge is 0.284 e. The maximum absolute atomic E-state index is 15.3. The molecule has 0 aliphatic rings. The van der Waals surface area contributed by atoms with Crippen LogP contribution in [0.2, 0.25) is 0 Å². The van der Waals surface area contributed by atoms with E-state index in [1.165, 1.54) is 23.3 Å². The molecule has 0 spiro atoms. The Hall–Kier alpha value is -4.15. The number of fused-ring (bicyclic) bond motifs is 1. The molecule has 172 valence electrons. The highest BCUT2D eigenvalue weighted by molar-refractivity contribution is 5.72. The molecular weight excluding hydrogens is 435 g/mol. The summed E-state index contributed by atoms with van der Waals surface area (Å²) in [6.07, 6.45) is 6.28. The van der Waals surface area contributed by atoms with Crippen molar-refractivity contribution in [2.75, 3.05) is 14.1 Å². The number of rotatable bonds is 6. The number of hydrogen-bond acceptors (Lipinski definition) is 6. The summed E-state index contributed by atoms with van der Waals surface area (Å²) in [5.41, 5.74) is 8.22. The quantitative estimate of drug-likeness (QED) is 0.420. The lowest BCUT2D eigenvalue weighted by Gasteiger charge is -2.14. The number of hydrogen-bond donors (Lipinski definition) is 1. The van der Waals surface area contributed by atoms with Gasteiger partial charge in [-0.3, -0.25) is 13.9 Å². The minimum Gasteiger partial charge on any atom is -0.326 e. The summed E-state index contributed by atoms with van der Waals surface area (Å²) in [7, 11) is 3.88. The van der Waals surface area contributed by atoms with Crippen LogP contribution in [0, 0.1) is 5.82 Å². The minimum atomic E-state index is -0.554. The highest BCUT2D eigenvalue weighted by atomic mass is 19.1. The summed E-state index contributed by atoms with van der Waals surface area (Å²) >= 11 is 0. The van der Waals surface area contributed by atoms with E-state index in [2.05, 4.69) is 15.0 Å². The van der Waals surface area contributed by atoms with Gasteiger partial charge in [-0.05, 0) is 43.9 Å². The van der Waals surface area contributed by atoms with Crippen LogP contribution in [0.15, 0.2) is 72.3 Å². The lowest BCUT2D eigenvalue weighted by atomic mass is 10.2. The molecule has 5 rings (SSSR count). The number of nitrogens with zero attached hydrogens (tertiary/aromatic N) is 7. The molecule has 0 bridgehead atoms. The van der Waals surface area contributed by atoms with Crippen LogP contribution in [0.3, 0.4) is 0 Å². The summed E-state index contributed by atoms with van der Waals surface area (Å²) in [6.45, 7) is 0.972. The van der Waals surface area contributed by atoms with Crippen molar-refractivity contribution in [2.24, 2.45) is 5.73 Å². The van der Waals surface area contributed by atoms with Gasteiger partial charge in [0.15, 0.2) is 11.2 Å². The molecule has 5 aromatic rings. The lowest BCUT2D eigenvalue weighted by molar-refractivity contribution is 0.388. The Morgan fingerprint density at radius 1 is 0.971 bits per heavy atom. The first-order valence-electron chi connectivity index (χ1n) is 10.7. The maximum Gasteiger partial charge on any atom is 0.284 e. The van der Waals surface area contributed by atoms with Gasteiger partial charge in [0.25, 0.3) is 5.56 Å². The van der Waals surface area contributed by atoms with Crippen molar-refractivity contribution >= 4 is 11.2 Å². The third-order valence-corrected chi connectivity index (χ3v) is 5.53. The lowest BCUT2D eigenvalue weighted by Crippen LogP contribution is -2.22. The summed E-state index contributed by atoms with van der Waals surface area (Å²) in [4.78, 5) is 28.3. The van der Waals surface area contributed by atoms with Gasteiger partial charge in [-0.2, -0.15) is 0 Å². The first-order chi connectivity index (χ1) is 16.5. The van der Waals surface area contributed by atoms with Gasteiger partial charge in [-0.25, -0.2) is 19.3 Å². The zero-order valence-electron chi connectivity index (χ0n) is 18.8. The average Bonchev–Trinajstić information content (AvgIpc) is 3.47. The molecule has 9 nitrogen and oxygen atoms in total. The predicted octanol–water partition coefficient (Wildman–Crippen LogP) is 2.42. The summed E-state index contributed by atoms with van der Waals surface area (Å²) in [5.74, 6) is 0.225. The fourth-order valence-electron chi connectivity index (χ4n) is 3.92. The largest absolute Gasteiger partial charge is 0.326 e. The van der Waals surface area contributed by atoms with Crippen LogP contribution < -0.4 is 11.3 Å². The van der Waals surface area contributed by atoms with Crippen molar-refractivity contribution in [1.82, 2.24) is 33.6 Å². The molecule has 0 radical (unpaired) electrons. The van der Waals surface area contributed by atoms with E-state index in [4.69, 9.17) is 5.73 Å². The summed E-state index contributed by atoms with van der Waals surface area (Å²) in [6, 6.07) is 12.2. The Morgan fingerprint density at radius 3 is 2.47 bits per heavy atom. The van der Waals surface area contributed by atoms with E-state index in [-0.39, 0.29) is 16.9 Å². The van der Waals surface area contributed by atoms with Crippen molar-refractivity contribution in [1.29, 1.82) is 0 Å². The molecule has 0 atom stereocenters. The standard InChI is InChI=1S/C24H23FN8O/c1-30(2)13-21-27-8-9-31(21)18-6-7-20(19(25)11-18)33-15-29-23-22(24(33)34)32(14-28-23)17-5-3-4-16(10-17)12-26/h3-11,14-15H,12-13,26H2,1-2H3. The highest BCUT2D eigenvalue weighted by Crippen LogP contribution is 2.20. The van der Waals surface area contributed by atoms with E-state index in [1.807, 2.05) is 47.8 Å². The van der Waals surface area contributed by atoms with Crippen LogP contribution in [-0.4, -0.2) is 47.6 Å². The molecule has 0 fully saturated rings. The number of benzene rings is 2. The van der Waals surface area contributed by atoms with E-state index in [0.717, 1.165) is 17.1 Å². The van der Waals surface area contributed by atoms with Crippen LogP contribution in [0.5, 0.6) is 0 Å². The number of imidazole rings is 2. The van der Waals surface area contributed by atoms with E-state index < -0.39 is 11.4 Å². The molecule has 0 unspecified atom stereocenters. The van der Waals surface area contributed by atoms with Crippen LogP contribution in [-0.2, 0) is 13.1 Å². The fraction of sp³-hybridized carbons (Fsp3) is 0.167. The normalized spacial score (nSPS) is 11.6. The van der Waals surface area contributed by atoms with Gasteiger partial charge in [0.2, 0.25) is 0 Å². The monoisotopic (exact) mass is 458 g/mol. The second-order valence-corrected chi connectivity index (χ2v) is 8.17. The van der Waals surface area contributed by atoms with Crippen molar-refractivity contribution in [3.63, 3.8) is 0 Å². The number of nitrogens with two attached hydrogens (primary N) is 1. The van der Waals surface area contributed by atoms with Gasteiger partial charge in [-0.15, -0.1) is 0 Å². The second-order valence-electron chi connectivity index (χ2n) is 8.17. The van der Waals surface area contributed by atoms with Crippen LogP contribution in [0.25, 0.3) is 28.2 Å². The van der Waals surface area contributed by atoms with Gasteiger partial charge >= 0.3 is 0 Å². The van der Waals surface area contributed by atoms with Gasteiger partial charge in [0.1, 0.15) is 24.3 Å². The molecule has 0 saturated heterocycles. The van der Waals surface area contributed by atoms with E-state index in [1.54, 1.807) is 29.1 Å². The van der Waals surface area contributed by atoms with Gasteiger partial charge < -0.3 is 15.2 Å². The Balaban J connectivity index is 1.59. The van der Waals surface area contributed by atoms with E-state index in [9.17, 15) is 4.79 Å². The zero-order valence-corrected chi connectivity index (χ0v) is 18.8. The van der Waals surface area contributed by atoms with Crippen molar-refractivity contribution in [3.05, 3.63) is 95.1 Å². The summed E-state index contributed by atoms with van der Waals surface area (Å²) in [5, 5.41) is 0. The van der Waals surface area contributed by atoms with Crippen LogP contribution in [0.1, 0.15) is 11.4 Å². The molecule has 3 heterocycles. The second kappa shape index (κ2) is 8.65. The molecule has 3 aromatic heterocycles. The molecular formula is C24H23FN8O. The van der Waals surface area contributed by atoms with Gasteiger partial charge in [-0.1, -0.05) is 12.1 Å². The minimum absolute atomic E-state index is 0.0980. The third-order valence-electron chi connectivity index (χ3n) is 5.53. The van der Waals surface area contributed by atoms with Gasteiger partial charge in [0.05, 0.1) is 12.2 Å². The Morgan fingerprint density at radius 2 is 1.74 bits per heavy atom. The van der Waals surface area contributed by atoms with Crippen molar-refractivity contribution in [2.45, 2.75) is 13.1 Å². The molecule has 0 aliphatic heterocycles. The SMILES string of the molecule is CN(C)Cc1nccn1-c1ccc(-n2cnc3ncn(-c4cccc(CN)c4)c3c2=O)c(F)c1. The first-order valence-corrected chi connectivity index (χ1v) is 10.7. The fourth-order valence-corrected chi connectivity index (χ4v) is 3.92. The predicted molar refractivity (Wildman–Crippen MR) is 127 cm³/mol. The van der Waals surface area contributed by atoms with Crippen LogP contribution >= 0.6 is 0 Å². The summed E-state index contributed by atoms with van der Waals surface area (Å²) < 4.78 is 19.9. The molecule has 34 heavy (non-hydrogen) atoms. The van der Waals surface area contributed by atoms with E-state index >= 15 is 4.39 Å². The molecule has 0 saturated carbocycles. The topological polar surface area (TPSA) is 99.8 Å². The van der Waals surface area contributed by atoms with Crippen LogP contribution in [0.4, 0.5) is 4.39 Å². The maximum atomic E-state index is 15.3. The van der Waals surface area contributed by atoms with Crippen molar-refractivity contribution in [3.8, 4) is 17.1 Å². The average molecular weight is 459 g/mol. The zero-order chi connectivity index (χ0) is 23.8. The van der Waals surface area contributed by atoms with Gasteiger partial charge in [0, 0.05) is 36.4 Å². The number of halogens is 1. The Kier molecular flexibility index (Phi) is 5.52. The molecule has 0 amide bonds. The molecule has 10 heteroatoms. The third kappa shape index (κ3) is 3.78. The first kappa shape index (κ1) is 21.7.